The van der Waals surface area contributed by atoms with Gasteiger partial charge in [-0.05, 0) is 65.6 Å². The molecule has 0 radical (unpaired) electrons. The Kier molecular flexibility index (Phi) is 5.19. The van der Waals surface area contributed by atoms with E-state index in [1.807, 2.05) is 0 Å². The molecular weight excluding hydrogens is 324 g/mol. The lowest BCUT2D eigenvalue weighted by molar-refractivity contribution is 0.239. The maximum absolute atomic E-state index is 14.2. The molecular formula is C16H22BrF2N. The Labute approximate surface area is 128 Å². The zero-order chi connectivity index (χ0) is 14.8. The molecule has 112 valence electrons. The third kappa shape index (κ3) is 3.59. The second-order valence-electron chi connectivity index (χ2n) is 5.86. The molecule has 0 unspecified atom stereocenters. The summed E-state index contributed by atoms with van der Waals surface area (Å²) >= 11 is 3.15. The lowest BCUT2D eigenvalue weighted by Crippen LogP contribution is -2.37. The van der Waals surface area contributed by atoms with Gasteiger partial charge in [0, 0.05) is 18.2 Å². The van der Waals surface area contributed by atoms with Gasteiger partial charge in [-0.1, -0.05) is 13.8 Å². The Balaban J connectivity index is 2.20. The van der Waals surface area contributed by atoms with Gasteiger partial charge in [0.1, 0.15) is 11.6 Å². The maximum Gasteiger partial charge on any atom is 0.143 e. The molecule has 0 atom stereocenters. The molecule has 0 saturated heterocycles. The zero-order valence-corrected chi connectivity index (χ0v) is 13.7. The van der Waals surface area contributed by atoms with Crippen LogP contribution >= 0.6 is 15.9 Å². The summed E-state index contributed by atoms with van der Waals surface area (Å²) < 4.78 is 28.5. The van der Waals surface area contributed by atoms with Crippen LogP contribution in [-0.2, 0) is 6.42 Å². The third-order valence-electron chi connectivity index (χ3n) is 4.53. The molecule has 4 heteroatoms. The predicted molar refractivity (Wildman–Crippen MR) is 81.8 cm³/mol. The molecule has 0 heterocycles. The van der Waals surface area contributed by atoms with E-state index in [9.17, 15) is 8.78 Å². The summed E-state index contributed by atoms with van der Waals surface area (Å²) in [5.74, 6) is -0.897. The highest BCUT2D eigenvalue weighted by Gasteiger charge is 2.32. The number of hydrogen-bond acceptors (Lipinski definition) is 1. The lowest BCUT2D eigenvalue weighted by Gasteiger charge is -2.32. The van der Waals surface area contributed by atoms with Crippen LogP contribution in [-0.4, -0.2) is 12.6 Å². The molecule has 1 saturated carbocycles. The minimum atomic E-state index is -0.456. The maximum atomic E-state index is 14.2. The van der Waals surface area contributed by atoms with Gasteiger partial charge in [-0.3, -0.25) is 0 Å². The molecule has 20 heavy (non-hydrogen) atoms. The van der Waals surface area contributed by atoms with E-state index < -0.39 is 11.6 Å². The largest absolute Gasteiger partial charge is 0.313 e. The highest BCUT2D eigenvalue weighted by atomic mass is 79.9. The van der Waals surface area contributed by atoms with Crippen LogP contribution in [0, 0.1) is 17.0 Å². The number of benzene rings is 1. The Morgan fingerprint density at radius 3 is 2.45 bits per heavy atom. The standard InChI is InChI=1S/C16H22BrF2N/c1-3-16(4-2,10-20-11-5-6-11)9-12-14(18)8-7-13(17)15(12)19/h7-8,11,20H,3-6,9-10H2,1-2H3. The Morgan fingerprint density at radius 2 is 1.90 bits per heavy atom. The zero-order valence-electron chi connectivity index (χ0n) is 12.1. The van der Waals surface area contributed by atoms with Crippen LogP contribution in [0.1, 0.15) is 45.1 Å². The molecule has 0 amide bonds. The molecule has 1 aliphatic rings. The van der Waals surface area contributed by atoms with E-state index in [2.05, 4.69) is 35.1 Å². The normalized spacial score (nSPS) is 15.7. The fourth-order valence-electron chi connectivity index (χ4n) is 2.57. The Morgan fingerprint density at radius 1 is 1.25 bits per heavy atom. The molecule has 1 aliphatic carbocycles. The number of rotatable bonds is 7. The van der Waals surface area contributed by atoms with Crippen LogP contribution in [0.5, 0.6) is 0 Å². The fraction of sp³-hybridized carbons (Fsp3) is 0.625. The van der Waals surface area contributed by atoms with Crippen molar-refractivity contribution in [2.24, 2.45) is 5.41 Å². The topological polar surface area (TPSA) is 12.0 Å². The molecule has 0 aliphatic heterocycles. The highest BCUT2D eigenvalue weighted by molar-refractivity contribution is 9.10. The van der Waals surface area contributed by atoms with Gasteiger partial charge in [-0.25, -0.2) is 8.78 Å². The molecule has 2 rings (SSSR count). The minimum absolute atomic E-state index is 0.0783. The quantitative estimate of drug-likeness (QED) is 0.698. The molecule has 1 N–H and O–H groups in total. The van der Waals surface area contributed by atoms with Crippen molar-refractivity contribution in [1.82, 2.24) is 5.32 Å². The fourth-order valence-corrected chi connectivity index (χ4v) is 2.94. The van der Waals surface area contributed by atoms with Crippen LogP contribution in [0.15, 0.2) is 16.6 Å². The summed E-state index contributed by atoms with van der Waals surface area (Å²) in [6.07, 6.45) is 4.71. The van der Waals surface area contributed by atoms with E-state index in [0.29, 0.717) is 16.9 Å². The van der Waals surface area contributed by atoms with E-state index >= 15 is 0 Å². The van der Waals surface area contributed by atoms with Crippen LogP contribution in [0.2, 0.25) is 0 Å². The van der Waals surface area contributed by atoms with Crippen LogP contribution in [0.25, 0.3) is 0 Å². The number of nitrogens with one attached hydrogen (secondary N) is 1. The average Bonchev–Trinajstić information content (AvgIpc) is 3.27. The van der Waals surface area contributed by atoms with Crippen LogP contribution < -0.4 is 5.32 Å². The lowest BCUT2D eigenvalue weighted by atomic mass is 9.76. The monoisotopic (exact) mass is 345 g/mol. The van der Waals surface area contributed by atoms with E-state index in [-0.39, 0.29) is 11.0 Å². The smallest absolute Gasteiger partial charge is 0.143 e. The van der Waals surface area contributed by atoms with Crippen molar-refractivity contribution in [2.45, 2.75) is 52.0 Å². The van der Waals surface area contributed by atoms with Crippen molar-refractivity contribution in [1.29, 1.82) is 0 Å². The molecule has 0 spiro atoms. The van der Waals surface area contributed by atoms with Gasteiger partial charge in [0.15, 0.2) is 0 Å². The van der Waals surface area contributed by atoms with Gasteiger partial charge in [0.25, 0.3) is 0 Å². The predicted octanol–water partition coefficient (Wildman–Crippen LogP) is 4.83. The van der Waals surface area contributed by atoms with E-state index in [4.69, 9.17) is 0 Å². The van der Waals surface area contributed by atoms with Gasteiger partial charge in [-0.15, -0.1) is 0 Å². The first-order valence-electron chi connectivity index (χ1n) is 7.37. The molecule has 0 aromatic heterocycles. The summed E-state index contributed by atoms with van der Waals surface area (Å²) in [5.41, 5.74) is 0.131. The van der Waals surface area contributed by atoms with Crippen LogP contribution in [0.3, 0.4) is 0 Å². The van der Waals surface area contributed by atoms with Crippen LogP contribution in [0.4, 0.5) is 8.78 Å². The van der Waals surface area contributed by atoms with E-state index in [1.54, 1.807) is 0 Å². The Bertz CT molecular complexity index is 468. The van der Waals surface area contributed by atoms with Gasteiger partial charge < -0.3 is 5.32 Å². The summed E-state index contributed by atoms with van der Waals surface area (Å²) in [5, 5.41) is 3.52. The van der Waals surface area contributed by atoms with Crippen molar-refractivity contribution in [3.63, 3.8) is 0 Å². The van der Waals surface area contributed by atoms with Gasteiger partial charge in [0.05, 0.1) is 4.47 Å². The minimum Gasteiger partial charge on any atom is -0.313 e. The molecule has 1 aromatic rings. The van der Waals surface area contributed by atoms with E-state index in [0.717, 1.165) is 19.4 Å². The average molecular weight is 346 g/mol. The molecule has 1 aromatic carbocycles. The first-order chi connectivity index (χ1) is 9.51. The Hall–Kier alpha value is -0.480. The summed E-state index contributed by atoms with van der Waals surface area (Å²) in [6, 6.07) is 3.38. The van der Waals surface area contributed by atoms with Gasteiger partial charge in [0.2, 0.25) is 0 Å². The van der Waals surface area contributed by atoms with Crippen molar-refractivity contribution in [3.8, 4) is 0 Å². The van der Waals surface area contributed by atoms with Crippen molar-refractivity contribution in [3.05, 3.63) is 33.8 Å². The third-order valence-corrected chi connectivity index (χ3v) is 5.15. The second-order valence-corrected chi connectivity index (χ2v) is 6.72. The SMILES string of the molecule is CCC(CC)(CNC1CC1)Cc1c(F)ccc(Br)c1F. The van der Waals surface area contributed by atoms with E-state index in [1.165, 1.54) is 25.0 Å². The van der Waals surface area contributed by atoms with Crippen molar-refractivity contribution in [2.75, 3.05) is 6.54 Å². The number of halogens is 3. The summed E-state index contributed by atoms with van der Waals surface area (Å²) in [7, 11) is 0. The van der Waals surface area contributed by atoms with Crippen molar-refractivity contribution < 1.29 is 8.78 Å². The van der Waals surface area contributed by atoms with Crippen molar-refractivity contribution >= 4 is 15.9 Å². The van der Waals surface area contributed by atoms with Gasteiger partial charge >= 0.3 is 0 Å². The molecule has 0 bridgehead atoms. The molecule has 1 nitrogen and oxygen atoms in total. The second kappa shape index (κ2) is 6.52. The first kappa shape index (κ1) is 15.9. The summed E-state index contributed by atoms with van der Waals surface area (Å²) in [6.45, 7) is 5.04. The first-order valence-corrected chi connectivity index (χ1v) is 8.16. The number of hydrogen-bond donors (Lipinski definition) is 1. The molecule has 1 fully saturated rings. The van der Waals surface area contributed by atoms with Gasteiger partial charge in [-0.2, -0.15) is 0 Å². The summed E-state index contributed by atoms with van der Waals surface area (Å²) in [4.78, 5) is 0. The highest BCUT2D eigenvalue weighted by Crippen LogP contribution is 2.35.